The van der Waals surface area contributed by atoms with Crippen molar-refractivity contribution in [3.8, 4) is 10.6 Å². The molecule has 2 heterocycles. The van der Waals surface area contributed by atoms with Crippen LogP contribution in [0.25, 0.3) is 10.6 Å². The lowest BCUT2D eigenvalue weighted by molar-refractivity contribution is 0.827. The van der Waals surface area contributed by atoms with E-state index in [2.05, 4.69) is 15.3 Å². The Balaban J connectivity index is 2.21. The molecule has 0 aliphatic rings. The van der Waals surface area contributed by atoms with Crippen molar-refractivity contribution in [2.45, 2.75) is 26.7 Å². The standard InChI is InChI=1S/C11H15N3S2/c1-7-11(16-8(2)13-7)9-6-15-10(14-9)4-3-5-12/h6H,3-5,12H2,1-2H3. The summed E-state index contributed by atoms with van der Waals surface area (Å²) in [6.07, 6.45) is 1.99. The molecule has 0 atom stereocenters. The summed E-state index contributed by atoms with van der Waals surface area (Å²) in [6.45, 7) is 4.80. The molecule has 2 aromatic heterocycles. The number of hydrogen-bond donors (Lipinski definition) is 1. The lowest BCUT2D eigenvalue weighted by Gasteiger charge is -1.93. The highest BCUT2D eigenvalue weighted by Gasteiger charge is 2.10. The van der Waals surface area contributed by atoms with Crippen LogP contribution in [0.2, 0.25) is 0 Å². The van der Waals surface area contributed by atoms with Gasteiger partial charge in [-0.1, -0.05) is 0 Å². The van der Waals surface area contributed by atoms with Gasteiger partial charge in [0.15, 0.2) is 0 Å². The summed E-state index contributed by atoms with van der Waals surface area (Å²) in [7, 11) is 0. The van der Waals surface area contributed by atoms with Crippen LogP contribution in [-0.4, -0.2) is 16.5 Å². The smallest absolute Gasteiger partial charge is 0.0933 e. The second-order valence-corrected chi connectivity index (χ2v) is 5.81. The van der Waals surface area contributed by atoms with Crippen LogP contribution >= 0.6 is 22.7 Å². The molecule has 16 heavy (non-hydrogen) atoms. The molecule has 2 rings (SSSR count). The summed E-state index contributed by atoms with van der Waals surface area (Å²) in [5.74, 6) is 0. The van der Waals surface area contributed by atoms with Gasteiger partial charge in [-0.2, -0.15) is 0 Å². The first kappa shape index (κ1) is 11.7. The van der Waals surface area contributed by atoms with Gasteiger partial charge >= 0.3 is 0 Å². The number of nitrogens with zero attached hydrogens (tertiary/aromatic N) is 2. The number of hydrogen-bond acceptors (Lipinski definition) is 5. The van der Waals surface area contributed by atoms with Crippen LogP contribution in [0, 0.1) is 13.8 Å². The Bertz CT molecular complexity index is 473. The number of nitrogens with two attached hydrogens (primary N) is 1. The topological polar surface area (TPSA) is 51.8 Å². The van der Waals surface area contributed by atoms with Gasteiger partial charge in [0, 0.05) is 11.8 Å². The third-order valence-electron chi connectivity index (χ3n) is 2.28. The molecule has 2 N–H and O–H groups in total. The molecule has 0 unspecified atom stereocenters. The van der Waals surface area contributed by atoms with Crippen molar-refractivity contribution in [3.63, 3.8) is 0 Å². The molecule has 0 saturated heterocycles. The van der Waals surface area contributed by atoms with E-state index in [9.17, 15) is 0 Å². The maximum Gasteiger partial charge on any atom is 0.0933 e. The van der Waals surface area contributed by atoms with E-state index >= 15 is 0 Å². The lowest BCUT2D eigenvalue weighted by Crippen LogP contribution is -1.99. The van der Waals surface area contributed by atoms with E-state index < -0.39 is 0 Å². The Labute approximate surface area is 103 Å². The second kappa shape index (κ2) is 5.03. The van der Waals surface area contributed by atoms with Gasteiger partial charge in [-0.15, -0.1) is 22.7 Å². The van der Waals surface area contributed by atoms with Gasteiger partial charge in [0.2, 0.25) is 0 Å². The molecule has 0 saturated carbocycles. The van der Waals surface area contributed by atoms with Crippen LogP contribution < -0.4 is 5.73 Å². The molecule has 5 heteroatoms. The third kappa shape index (κ3) is 2.48. The minimum absolute atomic E-state index is 0.730. The fourth-order valence-electron chi connectivity index (χ4n) is 1.55. The van der Waals surface area contributed by atoms with Crippen LogP contribution in [-0.2, 0) is 6.42 Å². The first-order chi connectivity index (χ1) is 7.70. The zero-order valence-electron chi connectivity index (χ0n) is 9.49. The minimum atomic E-state index is 0.730. The summed E-state index contributed by atoms with van der Waals surface area (Å²) in [6, 6.07) is 0. The molecule has 0 aromatic carbocycles. The van der Waals surface area contributed by atoms with Crippen LogP contribution in [0.1, 0.15) is 22.1 Å². The summed E-state index contributed by atoms with van der Waals surface area (Å²) in [5, 5.41) is 4.39. The van der Waals surface area contributed by atoms with Gasteiger partial charge in [0.1, 0.15) is 0 Å². The monoisotopic (exact) mass is 253 g/mol. The van der Waals surface area contributed by atoms with E-state index in [1.807, 2.05) is 13.8 Å². The van der Waals surface area contributed by atoms with Gasteiger partial charge in [-0.25, -0.2) is 9.97 Å². The van der Waals surface area contributed by atoms with Gasteiger partial charge < -0.3 is 5.73 Å². The van der Waals surface area contributed by atoms with E-state index in [1.165, 1.54) is 9.88 Å². The van der Waals surface area contributed by atoms with Gasteiger partial charge in [-0.3, -0.25) is 0 Å². The summed E-state index contributed by atoms with van der Waals surface area (Å²) < 4.78 is 0. The highest BCUT2D eigenvalue weighted by Crippen LogP contribution is 2.30. The minimum Gasteiger partial charge on any atom is -0.330 e. The summed E-state index contributed by atoms with van der Waals surface area (Å²) >= 11 is 3.43. The van der Waals surface area contributed by atoms with Crippen molar-refractivity contribution in [3.05, 3.63) is 21.1 Å². The van der Waals surface area contributed by atoms with Crippen LogP contribution in [0.15, 0.2) is 5.38 Å². The number of aromatic nitrogens is 2. The van der Waals surface area contributed by atoms with Crippen molar-refractivity contribution in [1.29, 1.82) is 0 Å². The molecule has 86 valence electrons. The van der Waals surface area contributed by atoms with E-state index in [0.717, 1.165) is 35.8 Å². The average Bonchev–Trinajstić information content (AvgIpc) is 2.82. The Hall–Kier alpha value is -0.780. The van der Waals surface area contributed by atoms with Gasteiger partial charge in [0.25, 0.3) is 0 Å². The molecule has 0 bridgehead atoms. The lowest BCUT2D eigenvalue weighted by atomic mass is 10.3. The largest absolute Gasteiger partial charge is 0.330 e. The van der Waals surface area contributed by atoms with Crippen LogP contribution in [0.5, 0.6) is 0 Å². The molecule has 2 aromatic rings. The first-order valence-corrected chi connectivity index (χ1v) is 6.99. The van der Waals surface area contributed by atoms with Gasteiger partial charge in [0.05, 0.1) is 26.3 Å². The summed E-state index contributed by atoms with van der Waals surface area (Å²) in [4.78, 5) is 10.2. The zero-order chi connectivity index (χ0) is 11.5. The fourth-order valence-corrected chi connectivity index (χ4v) is 3.34. The molecular formula is C11H15N3S2. The van der Waals surface area contributed by atoms with E-state index in [1.54, 1.807) is 22.7 Å². The second-order valence-electron chi connectivity index (χ2n) is 3.67. The molecule has 3 nitrogen and oxygen atoms in total. The Morgan fingerprint density at radius 2 is 2.12 bits per heavy atom. The SMILES string of the molecule is Cc1nc(C)c(-c2csc(CCCN)n2)s1. The Morgan fingerprint density at radius 1 is 1.31 bits per heavy atom. The molecular weight excluding hydrogens is 238 g/mol. The number of thiazole rings is 2. The molecule has 0 aliphatic heterocycles. The van der Waals surface area contributed by atoms with Crippen LogP contribution in [0.3, 0.4) is 0 Å². The van der Waals surface area contributed by atoms with Crippen molar-refractivity contribution in [2.24, 2.45) is 5.73 Å². The Morgan fingerprint density at radius 3 is 2.75 bits per heavy atom. The van der Waals surface area contributed by atoms with E-state index in [0.29, 0.717) is 0 Å². The molecule has 0 aliphatic carbocycles. The summed E-state index contributed by atoms with van der Waals surface area (Å²) in [5.41, 5.74) is 7.64. The van der Waals surface area contributed by atoms with Crippen molar-refractivity contribution >= 4 is 22.7 Å². The number of rotatable bonds is 4. The maximum absolute atomic E-state index is 5.49. The fraction of sp³-hybridized carbons (Fsp3) is 0.455. The normalized spacial score (nSPS) is 10.9. The molecule has 0 fully saturated rings. The maximum atomic E-state index is 5.49. The molecule has 0 amide bonds. The van der Waals surface area contributed by atoms with Crippen molar-refractivity contribution < 1.29 is 0 Å². The van der Waals surface area contributed by atoms with Crippen LogP contribution in [0.4, 0.5) is 0 Å². The molecule has 0 radical (unpaired) electrons. The predicted octanol–water partition coefficient (Wildman–Crippen LogP) is 2.77. The van der Waals surface area contributed by atoms with Gasteiger partial charge in [-0.05, 0) is 26.8 Å². The zero-order valence-corrected chi connectivity index (χ0v) is 11.1. The Kier molecular flexibility index (Phi) is 3.68. The number of aryl methyl sites for hydroxylation is 3. The average molecular weight is 253 g/mol. The van der Waals surface area contributed by atoms with E-state index in [-0.39, 0.29) is 0 Å². The third-order valence-corrected chi connectivity index (χ3v) is 4.29. The first-order valence-electron chi connectivity index (χ1n) is 5.29. The molecule has 0 spiro atoms. The highest BCUT2D eigenvalue weighted by atomic mass is 32.1. The highest BCUT2D eigenvalue weighted by molar-refractivity contribution is 7.15. The van der Waals surface area contributed by atoms with E-state index in [4.69, 9.17) is 5.73 Å². The quantitative estimate of drug-likeness (QED) is 0.911. The van der Waals surface area contributed by atoms with Crippen molar-refractivity contribution in [1.82, 2.24) is 9.97 Å². The van der Waals surface area contributed by atoms with Crippen molar-refractivity contribution in [2.75, 3.05) is 6.54 Å². The predicted molar refractivity (Wildman–Crippen MR) is 70.1 cm³/mol.